The molecular formula is C24H34O. The Balaban J connectivity index is 1.29. The molecule has 1 saturated carbocycles. The molecule has 0 saturated heterocycles. The van der Waals surface area contributed by atoms with Crippen molar-refractivity contribution in [2.45, 2.75) is 83.5 Å². The maximum atomic E-state index is 10.4. The van der Waals surface area contributed by atoms with E-state index in [0.29, 0.717) is 5.75 Å². The first kappa shape index (κ1) is 18.3. The van der Waals surface area contributed by atoms with Crippen LogP contribution in [0.15, 0.2) is 36.4 Å². The average Bonchev–Trinajstić information content (AvgIpc) is 2.66. The van der Waals surface area contributed by atoms with E-state index in [1.165, 1.54) is 77.0 Å². The SMILES string of the molecule is Oc1c(CCCCCCCCC2CCCCC2)ccc2ccccc12. The molecule has 1 fully saturated rings. The van der Waals surface area contributed by atoms with E-state index in [9.17, 15) is 5.11 Å². The Labute approximate surface area is 153 Å². The third kappa shape index (κ3) is 5.49. The van der Waals surface area contributed by atoms with Crippen molar-refractivity contribution in [2.75, 3.05) is 0 Å². The van der Waals surface area contributed by atoms with Crippen molar-refractivity contribution in [3.63, 3.8) is 0 Å². The molecule has 0 radical (unpaired) electrons. The minimum absolute atomic E-state index is 0.491. The van der Waals surface area contributed by atoms with Gasteiger partial charge in [-0.3, -0.25) is 0 Å². The third-order valence-corrected chi connectivity index (χ3v) is 6.02. The van der Waals surface area contributed by atoms with Crippen LogP contribution in [0.2, 0.25) is 0 Å². The highest BCUT2D eigenvalue weighted by molar-refractivity contribution is 5.89. The van der Waals surface area contributed by atoms with Crippen LogP contribution in [0.25, 0.3) is 10.8 Å². The molecule has 1 nitrogen and oxygen atoms in total. The van der Waals surface area contributed by atoms with Crippen LogP contribution in [-0.2, 0) is 6.42 Å². The standard InChI is InChI=1S/C24H34O/c25-24-22(19-18-21-15-10-11-17-23(21)24)16-9-4-2-1-3-6-12-20-13-7-5-8-14-20/h10-11,15,17-20,25H,1-9,12-14,16H2. The largest absolute Gasteiger partial charge is 0.507 e. The molecule has 1 aliphatic rings. The van der Waals surface area contributed by atoms with Gasteiger partial charge in [-0.05, 0) is 29.7 Å². The van der Waals surface area contributed by atoms with E-state index in [0.717, 1.165) is 28.7 Å². The average molecular weight is 339 g/mol. The maximum Gasteiger partial charge on any atom is 0.126 e. The first-order valence-electron chi connectivity index (χ1n) is 10.5. The van der Waals surface area contributed by atoms with Crippen LogP contribution in [0.5, 0.6) is 5.75 Å². The fourth-order valence-corrected chi connectivity index (χ4v) is 4.43. The molecule has 136 valence electrons. The molecule has 25 heavy (non-hydrogen) atoms. The number of unbranched alkanes of at least 4 members (excludes halogenated alkanes) is 5. The van der Waals surface area contributed by atoms with Crippen molar-refractivity contribution in [1.82, 2.24) is 0 Å². The minimum atomic E-state index is 0.491. The Hall–Kier alpha value is -1.50. The molecule has 0 spiro atoms. The zero-order valence-corrected chi connectivity index (χ0v) is 15.7. The zero-order chi connectivity index (χ0) is 17.3. The van der Waals surface area contributed by atoms with Gasteiger partial charge in [-0.1, -0.05) is 107 Å². The second-order valence-corrected chi connectivity index (χ2v) is 7.96. The summed E-state index contributed by atoms with van der Waals surface area (Å²) in [5, 5.41) is 12.6. The molecule has 0 aliphatic heterocycles. The van der Waals surface area contributed by atoms with Crippen molar-refractivity contribution in [3.8, 4) is 5.75 Å². The third-order valence-electron chi connectivity index (χ3n) is 6.02. The lowest BCUT2D eigenvalue weighted by Crippen LogP contribution is -2.05. The van der Waals surface area contributed by atoms with E-state index in [4.69, 9.17) is 0 Å². The summed E-state index contributed by atoms with van der Waals surface area (Å²) >= 11 is 0. The van der Waals surface area contributed by atoms with Crippen LogP contribution in [0.1, 0.15) is 82.6 Å². The first-order chi connectivity index (χ1) is 12.3. The van der Waals surface area contributed by atoms with Crippen LogP contribution in [0.4, 0.5) is 0 Å². The molecule has 1 aliphatic carbocycles. The molecule has 0 heterocycles. The van der Waals surface area contributed by atoms with Crippen molar-refractivity contribution < 1.29 is 5.11 Å². The number of hydrogen-bond acceptors (Lipinski definition) is 1. The van der Waals surface area contributed by atoms with Crippen LogP contribution in [-0.4, -0.2) is 5.11 Å². The Morgan fingerprint density at radius 3 is 2.32 bits per heavy atom. The summed E-state index contributed by atoms with van der Waals surface area (Å²) in [4.78, 5) is 0. The van der Waals surface area contributed by atoms with Gasteiger partial charge in [0.25, 0.3) is 0 Å². The molecule has 0 atom stereocenters. The smallest absolute Gasteiger partial charge is 0.126 e. The van der Waals surface area contributed by atoms with Crippen LogP contribution >= 0.6 is 0 Å². The highest BCUT2D eigenvalue weighted by atomic mass is 16.3. The molecule has 0 unspecified atom stereocenters. The monoisotopic (exact) mass is 338 g/mol. The quantitative estimate of drug-likeness (QED) is 0.472. The Morgan fingerprint density at radius 2 is 1.48 bits per heavy atom. The van der Waals surface area contributed by atoms with Gasteiger partial charge in [0.05, 0.1) is 0 Å². The molecule has 0 bridgehead atoms. The second kappa shape index (κ2) is 9.85. The predicted molar refractivity (Wildman–Crippen MR) is 108 cm³/mol. The number of phenols is 1. The molecule has 2 aromatic rings. The molecular weight excluding hydrogens is 304 g/mol. The van der Waals surface area contributed by atoms with Crippen molar-refractivity contribution in [3.05, 3.63) is 42.0 Å². The fraction of sp³-hybridized carbons (Fsp3) is 0.583. The van der Waals surface area contributed by atoms with Gasteiger partial charge in [0.2, 0.25) is 0 Å². The molecule has 1 N–H and O–H groups in total. The van der Waals surface area contributed by atoms with Crippen LogP contribution in [0, 0.1) is 5.92 Å². The lowest BCUT2D eigenvalue weighted by Gasteiger charge is -2.21. The normalized spacial score (nSPS) is 15.7. The van der Waals surface area contributed by atoms with Crippen LogP contribution in [0.3, 0.4) is 0 Å². The number of hydrogen-bond donors (Lipinski definition) is 1. The molecule has 2 aromatic carbocycles. The number of aromatic hydroxyl groups is 1. The van der Waals surface area contributed by atoms with Crippen LogP contribution < -0.4 is 0 Å². The number of fused-ring (bicyclic) bond motifs is 1. The Morgan fingerprint density at radius 1 is 0.760 bits per heavy atom. The molecule has 0 aromatic heterocycles. The summed E-state index contributed by atoms with van der Waals surface area (Å²) < 4.78 is 0. The Kier molecular flexibility index (Phi) is 7.21. The van der Waals surface area contributed by atoms with Gasteiger partial charge in [0.15, 0.2) is 0 Å². The van der Waals surface area contributed by atoms with Gasteiger partial charge in [0, 0.05) is 5.39 Å². The van der Waals surface area contributed by atoms with Crippen molar-refractivity contribution in [2.24, 2.45) is 5.92 Å². The lowest BCUT2D eigenvalue weighted by atomic mass is 9.85. The van der Waals surface area contributed by atoms with Crippen molar-refractivity contribution in [1.29, 1.82) is 0 Å². The van der Waals surface area contributed by atoms with E-state index >= 15 is 0 Å². The molecule has 3 rings (SSSR count). The highest BCUT2D eigenvalue weighted by Crippen LogP contribution is 2.30. The van der Waals surface area contributed by atoms with E-state index < -0.39 is 0 Å². The lowest BCUT2D eigenvalue weighted by molar-refractivity contribution is 0.328. The number of benzene rings is 2. The summed E-state index contributed by atoms with van der Waals surface area (Å²) in [6, 6.07) is 12.3. The number of rotatable bonds is 9. The van der Waals surface area contributed by atoms with E-state index in [1.807, 2.05) is 18.2 Å². The van der Waals surface area contributed by atoms with Gasteiger partial charge in [-0.15, -0.1) is 0 Å². The number of aryl methyl sites for hydroxylation is 1. The summed E-state index contributed by atoms with van der Waals surface area (Å²) in [7, 11) is 0. The molecule has 0 amide bonds. The summed E-state index contributed by atoms with van der Waals surface area (Å²) in [6.07, 6.45) is 18.0. The van der Waals surface area contributed by atoms with Gasteiger partial charge in [-0.2, -0.15) is 0 Å². The minimum Gasteiger partial charge on any atom is -0.507 e. The van der Waals surface area contributed by atoms with E-state index in [2.05, 4.69) is 18.2 Å². The zero-order valence-electron chi connectivity index (χ0n) is 15.7. The highest BCUT2D eigenvalue weighted by Gasteiger charge is 2.12. The maximum absolute atomic E-state index is 10.4. The van der Waals surface area contributed by atoms with E-state index in [1.54, 1.807) is 0 Å². The second-order valence-electron chi connectivity index (χ2n) is 7.96. The van der Waals surface area contributed by atoms with Gasteiger partial charge in [0.1, 0.15) is 5.75 Å². The predicted octanol–water partition coefficient (Wildman–Crippen LogP) is 7.40. The summed E-state index contributed by atoms with van der Waals surface area (Å²) in [6.45, 7) is 0. The fourth-order valence-electron chi connectivity index (χ4n) is 4.43. The Bertz CT molecular complexity index is 640. The van der Waals surface area contributed by atoms with Gasteiger partial charge in [-0.25, -0.2) is 0 Å². The van der Waals surface area contributed by atoms with Gasteiger partial charge >= 0.3 is 0 Å². The van der Waals surface area contributed by atoms with Gasteiger partial charge < -0.3 is 5.11 Å². The molecule has 1 heteroatoms. The summed E-state index contributed by atoms with van der Waals surface area (Å²) in [5.41, 5.74) is 1.11. The number of phenolic OH excluding ortho intramolecular Hbond substituents is 1. The summed E-state index contributed by atoms with van der Waals surface area (Å²) in [5.74, 6) is 1.54. The topological polar surface area (TPSA) is 20.2 Å². The first-order valence-corrected chi connectivity index (χ1v) is 10.5. The van der Waals surface area contributed by atoms with E-state index in [-0.39, 0.29) is 0 Å². The van der Waals surface area contributed by atoms with Crippen molar-refractivity contribution >= 4 is 10.8 Å².